The van der Waals surface area contributed by atoms with E-state index in [4.69, 9.17) is 5.73 Å². The first-order chi connectivity index (χ1) is 5.20. The van der Waals surface area contributed by atoms with Crippen molar-refractivity contribution in [3.05, 3.63) is 29.8 Å². The van der Waals surface area contributed by atoms with Crippen molar-refractivity contribution in [3.63, 3.8) is 0 Å². The molecule has 0 saturated carbocycles. The maximum atomic E-state index is 7.03. The van der Waals surface area contributed by atoms with Gasteiger partial charge < -0.3 is 5.32 Å². The van der Waals surface area contributed by atoms with E-state index in [2.05, 4.69) is 17.5 Å². The van der Waals surface area contributed by atoms with E-state index in [1.807, 2.05) is 31.2 Å². The minimum absolute atomic E-state index is 0.0549. The molecule has 1 aromatic carbocycles. The highest BCUT2D eigenvalue weighted by molar-refractivity contribution is 7.80. The second-order valence-electron chi connectivity index (χ2n) is 2.27. The molecule has 0 fully saturated rings. The van der Waals surface area contributed by atoms with Crippen LogP contribution in [0.1, 0.15) is 5.56 Å². The maximum absolute atomic E-state index is 7.03. The summed E-state index contributed by atoms with van der Waals surface area (Å²) < 4.78 is 0. The number of para-hydroxylation sites is 1. The summed E-state index contributed by atoms with van der Waals surface area (Å²) in [5.41, 5.74) is 9.04. The molecule has 0 spiro atoms. The molecule has 57 valence electrons. The van der Waals surface area contributed by atoms with Crippen molar-refractivity contribution in [2.75, 3.05) is 5.32 Å². The van der Waals surface area contributed by atoms with Crippen LogP contribution in [0.2, 0.25) is 0 Å². The second-order valence-corrected chi connectivity index (χ2v) is 2.68. The van der Waals surface area contributed by atoms with Crippen LogP contribution in [-0.4, -0.2) is 5.11 Å². The average Bonchev–Trinajstić information content (AvgIpc) is 1.93. The van der Waals surface area contributed by atoms with Crippen molar-refractivity contribution in [2.45, 2.75) is 6.92 Å². The molecule has 0 heterocycles. The Morgan fingerprint density at radius 3 is 2.64 bits per heavy atom. The minimum atomic E-state index is 0.0549. The molecule has 1 radical (unpaired) electrons. The van der Waals surface area contributed by atoms with Crippen LogP contribution in [0.4, 0.5) is 5.69 Å². The van der Waals surface area contributed by atoms with E-state index < -0.39 is 0 Å². The quantitative estimate of drug-likeness (QED) is 0.646. The summed E-state index contributed by atoms with van der Waals surface area (Å²) in [7, 11) is 0. The van der Waals surface area contributed by atoms with Crippen LogP contribution in [0.15, 0.2) is 24.3 Å². The van der Waals surface area contributed by atoms with Crippen LogP contribution in [0.5, 0.6) is 0 Å². The van der Waals surface area contributed by atoms with Gasteiger partial charge in [-0.05, 0) is 30.8 Å². The fourth-order valence-corrected chi connectivity index (χ4v) is 0.945. The fourth-order valence-electron chi connectivity index (χ4n) is 0.835. The van der Waals surface area contributed by atoms with E-state index in [0.29, 0.717) is 0 Å². The van der Waals surface area contributed by atoms with Crippen LogP contribution >= 0.6 is 12.2 Å². The molecule has 11 heavy (non-hydrogen) atoms. The molecule has 0 atom stereocenters. The van der Waals surface area contributed by atoms with Gasteiger partial charge in [0.1, 0.15) is 0 Å². The molecule has 1 rings (SSSR count). The number of hydrogen-bond donors (Lipinski definition) is 1. The Bertz CT molecular complexity index is 271. The van der Waals surface area contributed by atoms with Gasteiger partial charge in [0.25, 0.3) is 0 Å². The van der Waals surface area contributed by atoms with E-state index >= 15 is 0 Å². The summed E-state index contributed by atoms with van der Waals surface area (Å²) in [6.45, 7) is 1.97. The Balaban J connectivity index is 2.86. The van der Waals surface area contributed by atoms with Gasteiger partial charge in [0.15, 0.2) is 5.11 Å². The molecule has 0 unspecified atom stereocenters. The van der Waals surface area contributed by atoms with Crippen LogP contribution in [0.25, 0.3) is 0 Å². The van der Waals surface area contributed by atoms with Crippen LogP contribution < -0.4 is 11.1 Å². The maximum Gasteiger partial charge on any atom is 0.189 e. The van der Waals surface area contributed by atoms with Gasteiger partial charge in [0.2, 0.25) is 0 Å². The molecule has 1 aromatic rings. The van der Waals surface area contributed by atoms with Crippen molar-refractivity contribution in [1.29, 1.82) is 0 Å². The largest absolute Gasteiger partial charge is 0.331 e. The van der Waals surface area contributed by atoms with Crippen LogP contribution in [0.3, 0.4) is 0 Å². The Hall–Kier alpha value is -1.09. The summed E-state index contributed by atoms with van der Waals surface area (Å²) in [5, 5.41) is 2.83. The lowest BCUT2D eigenvalue weighted by atomic mass is 10.2. The number of benzene rings is 1. The van der Waals surface area contributed by atoms with E-state index in [9.17, 15) is 0 Å². The Morgan fingerprint density at radius 1 is 1.45 bits per heavy atom. The van der Waals surface area contributed by atoms with Gasteiger partial charge >= 0.3 is 0 Å². The average molecular weight is 165 g/mol. The first-order valence-corrected chi connectivity index (χ1v) is 3.69. The van der Waals surface area contributed by atoms with E-state index in [1.165, 1.54) is 0 Å². The normalized spacial score (nSPS) is 9.18. The fraction of sp³-hybridized carbons (Fsp3) is 0.125. The smallest absolute Gasteiger partial charge is 0.189 e. The molecule has 0 aromatic heterocycles. The number of nitrogens with one attached hydrogen (secondary N) is 2. The van der Waals surface area contributed by atoms with E-state index in [0.717, 1.165) is 11.3 Å². The molecular weight excluding hydrogens is 156 g/mol. The second kappa shape index (κ2) is 3.34. The van der Waals surface area contributed by atoms with Crippen molar-refractivity contribution < 1.29 is 0 Å². The first kappa shape index (κ1) is 8.01. The lowest BCUT2D eigenvalue weighted by Crippen LogP contribution is -2.09. The summed E-state index contributed by atoms with van der Waals surface area (Å²) in [6.07, 6.45) is 0. The van der Waals surface area contributed by atoms with Gasteiger partial charge in [0.05, 0.1) is 0 Å². The predicted octanol–water partition coefficient (Wildman–Crippen LogP) is 1.97. The zero-order valence-electron chi connectivity index (χ0n) is 6.22. The topological polar surface area (TPSA) is 35.8 Å². The van der Waals surface area contributed by atoms with Gasteiger partial charge in [-0.25, -0.2) is 0 Å². The summed E-state index contributed by atoms with van der Waals surface area (Å²) in [4.78, 5) is 0. The van der Waals surface area contributed by atoms with Crippen molar-refractivity contribution in [3.8, 4) is 0 Å². The number of thiocarbonyl (C=S) groups is 1. The molecule has 0 amide bonds. The molecule has 3 heteroatoms. The Kier molecular flexibility index (Phi) is 2.44. The van der Waals surface area contributed by atoms with Crippen molar-refractivity contribution in [2.24, 2.45) is 0 Å². The monoisotopic (exact) mass is 165 g/mol. The third-order valence-corrected chi connectivity index (χ3v) is 1.50. The van der Waals surface area contributed by atoms with Crippen molar-refractivity contribution in [1.82, 2.24) is 5.73 Å². The van der Waals surface area contributed by atoms with Gasteiger partial charge in [-0.3, -0.25) is 5.73 Å². The molecule has 0 aliphatic carbocycles. The molecule has 0 saturated heterocycles. The standard InChI is InChI=1S/C8H9N2S/c1-6-4-2-3-5-7(6)10-8(9)11/h2-5,9H,1H3,(H,10,11). The Labute approximate surface area is 71.4 Å². The number of anilines is 1. The molecular formula is C8H9N2S. The number of aryl methyl sites for hydroxylation is 1. The lowest BCUT2D eigenvalue weighted by molar-refractivity contribution is 1.45. The summed E-state index contributed by atoms with van der Waals surface area (Å²) in [5.74, 6) is 0. The number of hydrogen-bond acceptors (Lipinski definition) is 1. The first-order valence-electron chi connectivity index (χ1n) is 3.28. The van der Waals surface area contributed by atoms with Crippen LogP contribution in [0, 0.1) is 6.92 Å². The molecule has 2 nitrogen and oxygen atoms in total. The van der Waals surface area contributed by atoms with E-state index in [-0.39, 0.29) is 5.11 Å². The van der Waals surface area contributed by atoms with Gasteiger partial charge in [-0.2, -0.15) is 0 Å². The lowest BCUT2D eigenvalue weighted by Gasteiger charge is -2.04. The highest BCUT2D eigenvalue weighted by atomic mass is 32.1. The molecule has 0 aliphatic heterocycles. The highest BCUT2D eigenvalue weighted by Gasteiger charge is 1.95. The predicted molar refractivity (Wildman–Crippen MR) is 50.5 cm³/mol. The SMILES string of the molecule is Cc1ccccc1NC([NH])=S. The minimum Gasteiger partial charge on any atom is -0.331 e. The van der Waals surface area contributed by atoms with Gasteiger partial charge in [-0.15, -0.1) is 0 Å². The summed E-state index contributed by atoms with van der Waals surface area (Å²) in [6, 6.07) is 7.73. The van der Waals surface area contributed by atoms with Crippen molar-refractivity contribution >= 4 is 23.0 Å². The molecule has 2 N–H and O–H groups in total. The molecule has 0 aliphatic rings. The number of rotatable bonds is 1. The third kappa shape index (κ3) is 2.20. The zero-order valence-corrected chi connectivity index (χ0v) is 7.03. The van der Waals surface area contributed by atoms with Gasteiger partial charge in [-0.1, -0.05) is 18.2 Å². The molecule has 0 bridgehead atoms. The van der Waals surface area contributed by atoms with Crippen LogP contribution in [-0.2, 0) is 0 Å². The summed E-state index contributed by atoms with van der Waals surface area (Å²) >= 11 is 4.59. The highest BCUT2D eigenvalue weighted by Crippen LogP contribution is 2.12. The van der Waals surface area contributed by atoms with E-state index in [1.54, 1.807) is 0 Å². The zero-order chi connectivity index (χ0) is 8.27. The third-order valence-electron chi connectivity index (χ3n) is 1.39. The van der Waals surface area contributed by atoms with Gasteiger partial charge in [0, 0.05) is 5.69 Å². The Morgan fingerprint density at radius 2 is 2.09 bits per heavy atom.